The van der Waals surface area contributed by atoms with E-state index in [4.69, 9.17) is 23.2 Å². The van der Waals surface area contributed by atoms with Crippen molar-refractivity contribution in [2.24, 2.45) is 7.05 Å². The minimum Gasteiger partial charge on any atom is -0.354 e. The molecular formula is C26H18Cl2FN7. The van der Waals surface area contributed by atoms with Crippen molar-refractivity contribution in [3.63, 3.8) is 0 Å². The van der Waals surface area contributed by atoms with Crippen molar-refractivity contribution in [2.75, 3.05) is 5.32 Å². The van der Waals surface area contributed by atoms with E-state index in [1.54, 1.807) is 16.9 Å². The Balaban J connectivity index is 1.62. The summed E-state index contributed by atoms with van der Waals surface area (Å²) in [5, 5.41) is 22.5. The fourth-order valence-corrected chi connectivity index (χ4v) is 4.58. The molecule has 0 aliphatic rings. The van der Waals surface area contributed by atoms with E-state index in [1.165, 1.54) is 18.3 Å². The molecule has 178 valence electrons. The molecule has 1 N–H and O–H groups in total. The van der Waals surface area contributed by atoms with E-state index in [0.717, 1.165) is 16.8 Å². The number of nitrogens with one attached hydrogen (secondary N) is 1. The van der Waals surface area contributed by atoms with Crippen LogP contribution in [0, 0.1) is 17.1 Å². The molecule has 0 spiro atoms. The summed E-state index contributed by atoms with van der Waals surface area (Å²) in [5.74, 6) is -0.654. The first-order valence-electron chi connectivity index (χ1n) is 10.9. The molecule has 5 rings (SSSR count). The third-order valence-electron chi connectivity index (χ3n) is 5.80. The number of nitriles is 1. The molecule has 0 radical (unpaired) electrons. The average Bonchev–Trinajstić information content (AvgIpc) is 3.31. The summed E-state index contributed by atoms with van der Waals surface area (Å²) in [4.78, 5) is 8.68. The maximum atomic E-state index is 13.7. The average molecular weight is 518 g/mol. The summed E-state index contributed by atoms with van der Waals surface area (Å²) in [5.41, 5.74) is 4.57. The summed E-state index contributed by atoms with van der Waals surface area (Å²) in [6.45, 7) is 0. The number of anilines is 2. The minimum absolute atomic E-state index is 0.0288. The lowest BCUT2D eigenvalue weighted by Crippen LogP contribution is -2.07. The predicted molar refractivity (Wildman–Crippen MR) is 137 cm³/mol. The van der Waals surface area contributed by atoms with Gasteiger partial charge in [-0.25, -0.2) is 4.39 Å². The van der Waals surface area contributed by atoms with Crippen LogP contribution in [0.2, 0.25) is 10.0 Å². The van der Waals surface area contributed by atoms with Crippen LogP contribution in [-0.2, 0) is 13.5 Å². The molecule has 10 heteroatoms. The maximum Gasteiger partial charge on any atom is 0.141 e. The molecule has 36 heavy (non-hydrogen) atoms. The molecule has 0 saturated heterocycles. The van der Waals surface area contributed by atoms with Crippen molar-refractivity contribution in [2.45, 2.75) is 12.3 Å². The topological polar surface area (TPSA) is 92.3 Å². The number of nitrogens with zero attached hydrogens (tertiary/aromatic N) is 6. The second kappa shape index (κ2) is 9.90. The van der Waals surface area contributed by atoms with Crippen LogP contribution in [0.3, 0.4) is 0 Å². The highest BCUT2D eigenvalue weighted by Gasteiger charge is 2.21. The van der Waals surface area contributed by atoms with Gasteiger partial charge in [-0.3, -0.25) is 14.6 Å². The summed E-state index contributed by atoms with van der Waals surface area (Å²) >= 11 is 12.6. The monoisotopic (exact) mass is 517 g/mol. The van der Waals surface area contributed by atoms with Crippen LogP contribution in [0.25, 0.3) is 10.9 Å². The van der Waals surface area contributed by atoms with Crippen LogP contribution in [0.1, 0.15) is 28.3 Å². The Morgan fingerprint density at radius 1 is 1.14 bits per heavy atom. The Labute approximate surface area is 216 Å². The molecule has 2 aromatic carbocycles. The molecule has 3 aromatic heterocycles. The lowest BCUT2D eigenvalue weighted by Gasteiger charge is -2.17. The van der Waals surface area contributed by atoms with Crippen molar-refractivity contribution < 1.29 is 4.39 Å². The van der Waals surface area contributed by atoms with Crippen molar-refractivity contribution in [3.05, 3.63) is 105 Å². The molecule has 3 heterocycles. The molecule has 0 saturated carbocycles. The summed E-state index contributed by atoms with van der Waals surface area (Å²) in [6, 6.07) is 14.1. The second-order valence-electron chi connectivity index (χ2n) is 8.25. The van der Waals surface area contributed by atoms with Crippen molar-refractivity contribution in [3.8, 4) is 6.07 Å². The number of fused-ring (bicyclic) bond motifs is 1. The molecule has 1 atom stereocenters. The third-order valence-corrected chi connectivity index (χ3v) is 6.38. The van der Waals surface area contributed by atoms with E-state index in [0.29, 0.717) is 39.3 Å². The lowest BCUT2D eigenvalue weighted by molar-refractivity contribution is 0.628. The number of hydrogen-bond donors (Lipinski definition) is 1. The van der Waals surface area contributed by atoms with E-state index < -0.39 is 5.82 Å². The Morgan fingerprint density at radius 3 is 2.69 bits per heavy atom. The number of rotatable bonds is 6. The molecule has 0 bridgehead atoms. The highest BCUT2D eigenvalue weighted by Crippen LogP contribution is 2.36. The van der Waals surface area contributed by atoms with Gasteiger partial charge in [-0.2, -0.15) is 5.26 Å². The van der Waals surface area contributed by atoms with Crippen LogP contribution < -0.4 is 5.32 Å². The smallest absolute Gasteiger partial charge is 0.141 e. The fraction of sp³-hybridized carbons (Fsp3) is 0.115. The van der Waals surface area contributed by atoms with E-state index in [-0.39, 0.29) is 10.9 Å². The Bertz CT molecular complexity index is 1610. The Kier molecular flexibility index (Phi) is 6.51. The Hall–Kier alpha value is -4.06. The van der Waals surface area contributed by atoms with Crippen LogP contribution in [0.5, 0.6) is 0 Å². The highest BCUT2D eigenvalue weighted by molar-refractivity contribution is 6.35. The van der Waals surface area contributed by atoms with E-state index in [9.17, 15) is 9.65 Å². The van der Waals surface area contributed by atoms with Crippen LogP contribution in [0.15, 0.2) is 67.3 Å². The molecule has 0 fully saturated rings. The first-order valence-corrected chi connectivity index (χ1v) is 11.7. The quantitative estimate of drug-likeness (QED) is 0.288. The van der Waals surface area contributed by atoms with Gasteiger partial charge in [0.15, 0.2) is 0 Å². The second-order valence-corrected chi connectivity index (χ2v) is 9.06. The van der Waals surface area contributed by atoms with Crippen molar-refractivity contribution in [1.29, 1.82) is 5.26 Å². The molecular weight excluding hydrogens is 500 g/mol. The number of aryl methyl sites for hydroxylation is 1. The predicted octanol–water partition coefficient (Wildman–Crippen LogP) is 6.19. The van der Waals surface area contributed by atoms with Gasteiger partial charge in [0.2, 0.25) is 0 Å². The lowest BCUT2D eigenvalue weighted by atomic mass is 9.90. The first kappa shape index (κ1) is 23.7. The van der Waals surface area contributed by atoms with Gasteiger partial charge in [0.05, 0.1) is 32.5 Å². The molecule has 7 nitrogen and oxygen atoms in total. The number of aromatic nitrogens is 5. The summed E-state index contributed by atoms with van der Waals surface area (Å²) in [6.07, 6.45) is 7.42. The third kappa shape index (κ3) is 4.71. The number of pyridine rings is 2. The molecule has 0 amide bonds. The molecule has 5 aromatic rings. The zero-order chi connectivity index (χ0) is 25.2. The highest BCUT2D eigenvalue weighted by atomic mass is 35.5. The summed E-state index contributed by atoms with van der Waals surface area (Å²) in [7, 11) is 1.82. The van der Waals surface area contributed by atoms with Crippen LogP contribution >= 0.6 is 23.2 Å². The van der Waals surface area contributed by atoms with Crippen molar-refractivity contribution >= 4 is 45.5 Å². The normalized spacial score (nSPS) is 11.9. The van der Waals surface area contributed by atoms with Gasteiger partial charge < -0.3 is 5.32 Å². The number of benzene rings is 2. The molecule has 0 unspecified atom stereocenters. The number of halogens is 3. The van der Waals surface area contributed by atoms with E-state index in [2.05, 4.69) is 31.7 Å². The van der Waals surface area contributed by atoms with Gasteiger partial charge in [-0.1, -0.05) is 34.5 Å². The van der Waals surface area contributed by atoms with E-state index in [1.807, 2.05) is 43.7 Å². The van der Waals surface area contributed by atoms with Gasteiger partial charge >= 0.3 is 0 Å². The standard InChI is InChI=1S/C26H18Cl2FN7/c1-36-14-24(34-35-36)19(16-3-2-6-31-12-16)7-15-8-20-25(33-18-4-5-23(29)21(27)10-18)17(11-30)13-32-26(20)22(28)9-15/h2-6,8-10,12-14,19H,7H2,1H3,(H,32,33)/t19-/m0/s1. The first-order chi connectivity index (χ1) is 17.4. The number of hydrogen-bond acceptors (Lipinski definition) is 6. The largest absolute Gasteiger partial charge is 0.354 e. The van der Waals surface area contributed by atoms with Gasteiger partial charge in [-0.15, -0.1) is 5.10 Å². The molecule has 0 aliphatic carbocycles. The van der Waals surface area contributed by atoms with E-state index >= 15 is 0 Å². The van der Waals surface area contributed by atoms with Gasteiger partial charge in [0, 0.05) is 48.8 Å². The van der Waals surface area contributed by atoms with Crippen LogP contribution in [-0.4, -0.2) is 25.0 Å². The van der Waals surface area contributed by atoms with Gasteiger partial charge in [0.25, 0.3) is 0 Å². The maximum absolute atomic E-state index is 13.7. The minimum atomic E-state index is -0.530. The SMILES string of the molecule is Cn1cc([C@@H](Cc2cc(Cl)c3ncc(C#N)c(Nc4ccc(F)c(Cl)c4)c3c2)c2cccnc2)nn1. The van der Waals surface area contributed by atoms with Crippen molar-refractivity contribution in [1.82, 2.24) is 25.0 Å². The summed E-state index contributed by atoms with van der Waals surface area (Å²) < 4.78 is 15.3. The van der Waals surface area contributed by atoms with Crippen LogP contribution in [0.4, 0.5) is 15.8 Å². The molecule has 0 aliphatic heterocycles. The van der Waals surface area contributed by atoms with Gasteiger partial charge in [-0.05, 0) is 53.9 Å². The zero-order valence-electron chi connectivity index (χ0n) is 19.0. The Morgan fingerprint density at radius 2 is 2.00 bits per heavy atom. The zero-order valence-corrected chi connectivity index (χ0v) is 20.5. The van der Waals surface area contributed by atoms with Gasteiger partial charge in [0.1, 0.15) is 11.9 Å². The fourth-order valence-electron chi connectivity index (χ4n) is 4.11.